The van der Waals surface area contributed by atoms with Gasteiger partial charge in [0, 0.05) is 21.2 Å². The molecule has 3 aromatic carbocycles. The van der Waals surface area contributed by atoms with E-state index in [0.717, 1.165) is 45.8 Å². The first kappa shape index (κ1) is 21.6. The van der Waals surface area contributed by atoms with Crippen molar-refractivity contribution in [1.29, 1.82) is 0 Å². The molecule has 0 aromatic heterocycles. The number of hydrogen-bond acceptors (Lipinski definition) is 3. The minimum atomic E-state index is -0.0939. The van der Waals surface area contributed by atoms with Gasteiger partial charge in [0.25, 0.3) is 0 Å². The highest BCUT2D eigenvalue weighted by Crippen LogP contribution is 2.40. The molecule has 1 fully saturated rings. The molecule has 4 rings (SSSR count). The predicted octanol–water partition coefficient (Wildman–Crippen LogP) is 7.72. The van der Waals surface area contributed by atoms with Crippen molar-refractivity contribution in [2.24, 2.45) is 0 Å². The number of thioether (sulfide) groups is 2. The highest BCUT2D eigenvalue weighted by molar-refractivity contribution is 8.18. The topological polar surface area (TPSA) is 17.1 Å². The highest BCUT2D eigenvalue weighted by Gasteiger charge is 2.29. The van der Waals surface area contributed by atoms with E-state index in [0.29, 0.717) is 10.0 Å². The molecular weight excluding hydrogens is 451 g/mol. The number of rotatable bonds is 5. The van der Waals surface area contributed by atoms with Crippen LogP contribution < -0.4 is 0 Å². The lowest BCUT2D eigenvalue weighted by molar-refractivity contribution is -0.112. The van der Waals surface area contributed by atoms with E-state index in [2.05, 4.69) is 0 Å². The molecule has 0 amide bonds. The lowest BCUT2D eigenvalue weighted by atomic mass is 9.87. The molecule has 3 aromatic rings. The fourth-order valence-electron chi connectivity index (χ4n) is 3.46. The van der Waals surface area contributed by atoms with Gasteiger partial charge in [0.2, 0.25) is 0 Å². The predicted molar refractivity (Wildman–Crippen MR) is 134 cm³/mol. The fraction of sp³-hybridized carbons (Fsp3) is 0.160. The molecule has 5 heteroatoms. The van der Waals surface area contributed by atoms with Crippen LogP contribution in [-0.2, 0) is 4.79 Å². The Hall–Kier alpha value is -1.65. The molecule has 30 heavy (non-hydrogen) atoms. The zero-order valence-corrected chi connectivity index (χ0v) is 19.3. The van der Waals surface area contributed by atoms with Gasteiger partial charge in [-0.05, 0) is 58.9 Å². The van der Waals surface area contributed by atoms with Crippen molar-refractivity contribution < 1.29 is 4.79 Å². The molecule has 0 N–H and O–H groups in total. The number of allylic oxidation sites excluding steroid dienone is 1. The SMILES string of the molecule is O=C(C(=C(c1ccc(Cl)cc1)c1ccc(Cl)cc1)c1ccccc1)C1SCCCS1. The number of ketones is 1. The summed E-state index contributed by atoms with van der Waals surface area (Å²) in [6.45, 7) is 0. The molecule has 0 saturated carbocycles. The average Bonchev–Trinajstić information content (AvgIpc) is 2.80. The number of Topliss-reactive ketones (excluding diaryl/α,β-unsaturated/α-hetero) is 1. The molecule has 0 aliphatic carbocycles. The normalized spacial score (nSPS) is 14.3. The summed E-state index contributed by atoms with van der Waals surface area (Å²) in [5, 5.41) is 1.33. The first-order valence-corrected chi connectivity index (χ1v) is 12.6. The third-order valence-electron chi connectivity index (χ3n) is 4.87. The molecule has 1 aliphatic rings. The average molecular weight is 471 g/mol. The van der Waals surface area contributed by atoms with Crippen LogP contribution in [0.1, 0.15) is 23.1 Å². The van der Waals surface area contributed by atoms with Crippen LogP contribution in [0, 0.1) is 0 Å². The van der Waals surface area contributed by atoms with E-state index in [4.69, 9.17) is 23.2 Å². The second-order valence-corrected chi connectivity index (χ2v) is 10.5. The van der Waals surface area contributed by atoms with E-state index in [1.807, 2.05) is 78.9 Å². The van der Waals surface area contributed by atoms with Gasteiger partial charge >= 0.3 is 0 Å². The summed E-state index contributed by atoms with van der Waals surface area (Å²) in [7, 11) is 0. The van der Waals surface area contributed by atoms with Crippen LogP contribution in [0.15, 0.2) is 78.9 Å². The molecule has 0 atom stereocenters. The standard InChI is InChI=1S/C25H20Cl2OS2/c26-20-11-7-18(8-12-20)22(19-9-13-21(27)14-10-19)23(17-5-2-1-3-6-17)24(28)25-29-15-4-16-30-25/h1-3,5-14,25H,4,15-16H2. The molecule has 1 aliphatic heterocycles. The van der Waals surface area contributed by atoms with Crippen LogP contribution >= 0.6 is 46.7 Å². The van der Waals surface area contributed by atoms with E-state index < -0.39 is 0 Å². The van der Waals surface area contributed by atoms with Gasteiger partial charge in [-0.15, -0.1) is 23.5 Å². The Balaban J connectivity index is 1.97. The van der Waals surface area contributed by atoms with Crippen LogP contribution in [0.5, 0.6) is 0 Å². The first-order valence-electron chi connectivity index (χ1n) is 9.72. The third kappa shape index (κ3) is 4.97. The number of halogens is 2. The smallest absolute Gasteiger partial charge is 0.187 e. The van der Waals surface area contributed by atoms with Gasteiger partial charge < -0.3 is 0 Å². The van der Waals surface area contributed by atoms with E-state index in [-0.39, 0.29) is 10.4 Å². The molecule has 1 heterocycles. The van der Waals surface area contributed by atoms with Crippen molar-refractivity contribution in [3.8, 4) is 0 Å². The van der Waals surface area contributed by atoms with Crippen molar-refractivity contribution in [2.75, 3.05) is 11.5 Å². The highest BCUT2D eigenvalue weighted by atomic mass is 35.5. The van der Waals surface area contributed by atoms with Gasteiger partial charge in [0.15, 0.2) is 5.78 Å². The number of hydrogen-bond donors (Lipinski definition) is 0. The summed E-state index contributed by atoms with van der Waals surface area (Å²) in [5.74, 6) is 2.20. The maximum atomic E-state index is 13.9. The van der Waals surface area contributed by atoms with Gasteiger partial charge in [-0.2, -0.15) is 0 Å². The van der Waals surface area contributed by atoms with Crippen molar-refractivity contribution in [2.45, 2.75) is 11.0 Å². The zero-order valence-electron chi connectivity index (χ0n) is 16.2. The minimum absolute atomic E-state index is 0.0939. The summed E-state index contributed by atoms with van der Waals surface area (Å²) >= 11 is 15.8. The summed E-state index contributed by atoms with van der Waals surface area (Å²) in [5.41, 5.74) is 4.49. The van der Waals surface area contributed by atoms with E-state index in [9.17, 15) is 4.79 Å². The van der Waals surface area contributed by atoms with Crippen LogP contribution in [0.3, 0.4) is 0 Å². The monoisotopic (exact) mass is 470 g/mol. The van der Waals surface area contributed by atoms with Crippen LogP contribution in [0.25, 0.3) is 11.1 Å². The van der Waals surface area contributed by atoms with Gasteiger partial charge in [-0.3, -0.25) is 4.79 Å². The van der Waals surface area contributed by atoms with Crippen LogP contribution in [-0.4, -0.2) is 21.9 Å². The molecular formula is C25H20Cl2OS2. The van der Waals surface area contributed by atoms with E-state index in [1.54, 1.807) is 23.5 Å². The Labute approximate surface area is 195 Å². The Kier molecular flexibility index (Phi) is 7.27. The van der Waals surface area contributed by atoms with Crippen LogP contribution in [0.2, 0.25) is 10.0 Å². The molecule has 1 nitrogen and oxygen atoms in total. The number of carbonyl (C=O) groups excluding carboxylic acids is 1. The number of carbonyl (C=O) groups is 1. The van der Waals surface area contributed by atoms with Crippen molar-refractivity contribution >= 4 is 63.7 Å². The van der Waals surface area contributed by atoms with Crippen molar-refractivity contribution in [1.82, 2.24) is 0 Å². The molecule has 152 valence electrons. The second-order valence-electron chi connectivity index (χ2n) is 6.92. The fourth-order valence-corrected chi connectivity index (χ4v) is 6.45. The first-order chi connectivity index (χ1) is 14.6. The Morgan fingerprint density at radius 3 is 1.70 bits per heavy atom. The molecule has 0 radical (unpaired) electrons. The van der Waals surface area contributed by atoms with Gasteiger partial charge in [0.05, 0.1) is 0 Å². The molecule has 0 unspecified atom stereocenters. The second kappa shape index (κ2) is 10.1. The largest absolute Gasteiger partial charge is 0.292 e. The van der Waals surface area contributed by atoms with Gasteiger partial charge in [-0.25, -0.2) is 0 Å². The quantitative estimate of drug-likeness (QED) is 0.280. The van der Waals surface area contributed by atoms with Gasteiger partial charge in [0.1, 0.15) is 4.58 Å². The van der Waals surface area contributed by atoms with Crippen molar-refractivity contribution in [3.05, 3.63) is 106 Å². The lowest BCUT2D eigenvalue weighted by Gasteiger charge is -2.23. The Bertz CT molecular complexity index is 991. The zero-order chi connectivity index (χ0) is 20.9. The maximum Gasteiger partial charge on any atom is 0.187 e. The summed E-state index contributed by atoms with van der Waals surface area (Å²) in [6.07, 6.45) is 1.14. The van der Waals surface area contributed by atoms with E-state index in [1.165, 1.54) is 0 Å². The summed E-state index contributed by atoms with van der Waals surface area (Å²) in [6, 6.07) is 25.3. The maximum absolute atomic E-state index is 13.9. The van der Waals surface area contributed by atoms with Crippen LogP contribution in [0.4, 0.5) is 0 Å². The van der Waals surface area contributed by atoms with Gasteiger partial charge in [-0.1, -0.05) is 77.8 Å². The molecule has 1 saturated heterocycles. The van der Waals surface area contributed by atoms with E-state index >= 15 is 0 Å². The number of benzene rings is 3. The Morgan fingerprint density at radius 1 is 0.700 bits per heavy atom. The molecule has 0 spiro atoms. The lowest BCUT2D eigenvalue weighted by Crippen LogP contribution is -2.20. The summed E-state index contributed by atoms with van der Waals surface area (Å²) < 4.78 is -0.0939. The van der Waals surface area contributed by atoms with Crippen molar-refractivity contribution in [3.63, 3.8) is 0 Å². The minimum Gasteiger partial charge on any atom is -0.292 e. The Morgan fingerprint density at radius 2 is 1.20 bits per heavy atom. The third-order valence-corrected chi connectivity index (χ3v) is 8.27. The summed E-state index contributed by atoms with van der Waals surface area (Å²) in [4.78, 5) is 13.9. The molecule has 0 bridgehead atoms.